The molecule has 2 atom stereocenters. The Kier molecular flexibility index (Phi) is 5.14. The molecule has 0 unspecified atom stereocenters. The second-order valence-electron chi connectivity index (χ2n) is 6.89. The first kappa shape index (κ1) is 16.9. The maximum Gasteiger partial charge on any atom is 0.228 e. The van der Waals surface area contributed by atoms with Gasteiger partial charge in [0.2, 0.25) is 11.8 Å². The molecule has 0 aromatic heterocycles. The molecule has 1 aromatic rings. The normalized spacial score (nSPS) is 21.9. The Morgan fingerprint density at radius 3 is 2.92 bits per heavy atom. The molecule has 130 valence electrons. The Balaban J connectivity index is 1.59. The van der Waals surface area contributed by atoms with Crippen LogP contribution < -0.4 is 10.6 Å². The number of nitrogens with zero attached hydrogens (tertiary/aromatic N) is 1. The molecule has 1 saturated heterocycles. The molecule has 3 rings (SSSR count). The Morgan fingerprint density at radius 2 is 2.17 bits per heavy atom. The van der Waals surface area contributed by atoms with Crippen LogP contribution in [-0.2, 0) is 9.59 Å². The van der Waals surface area contributed by atoms with E-state index in [1.807, 2.05) is 0 Å². The van der Waals surface area contributed by atoms with Crippen molar-refractivity contribution in [3.05, 3.63) is 29.6 Å². The van der Waals surface area contributed by atoms with Gasteiger partial charge in [-0.2, -0.15) is 0 Å². The van der Waals surface area contributed by atoms with Crippen molar-refractivity contribution < 1.29 is 14.0 Å². The van der Waals surface area contributed by atoms with E-state index in [-0.39, 0.29) is 18.2 Å². The highest BCUT2D eigenvalue weighted by Crippen LogP contribution is 2.32. The minimum Gasteiger partial charge on any atom is -0.355 e. The van der Waals surface area contributed by atoms with E-state index in [1.165, 1.54) is 25.0 Å². The average Bonchev–Trinajstić information content (AvgIpc) is 3.04. The molecular weight excluding hydrogens is 309 g/mol. The SMILES string of the molecule is C[C@H](CNC(=O)[C@H]1CC(=O)Nc2cc(F)ccc21)CN1CCCC1. The molecule has 2 aliphatic heterocycles. The van der Waals surface area contributed by atoms with Gasteiger partial charge in [-0.25, -0.2) is 4.39 Å². The molecule has 0 radical (unpaired) electrons. The number of likely N-dealkylation sites (tertiary alicyclic amines) is 1. The summed E-state index contributed by atoms with van der Waals surface area (Å²) in [6.07, 6.45) is 2.61. The zero-order valence-corrected chi connectivity index (χ0v) is 14.0. The number of carbonyl (C=O) groups excluding carboxylic acids is 2. The van der Waals surface area contributed by atoms with Crippen molar-refractivity contribution in [2.45, 2.75) is 32.1 Å². The quantitative estimate of drug-likeness (QED) is 0.867. The summed E-state index contributed by atoms with van der Waals surface area (Å²) in [5.74, 6) is -1.02. The van der Waals surface area contributed by atoms with Gasteiger partial charge >= 0.3 is 0 Å². The van der Waals surface area contributed by atoms with Crippen LogP contribution in [0.1, 0.15) is 37.7 Å². The maximum absolute atomic E-state index is 13.3. The van der Waals surface area contributed by atoms with Gasteiger partial charge in [0.05, 0.1) is 5.92 Å². The van der Waals surface area contributed by atoms with Crippen LogP contribution in [0.3, 0.4) is 0 Å². The van der Waals surface area contributed by atoms with Gasteiger partial charge in [0.25, 0.3) is 0 Å². The maximum atomic E-state index is 13.3. The second-order valence-corrected chi connectivity index (χ2v) is 6.89. The number of fused-ring (bicyclic) bond motifs is 1. The zero-order chi connectivity index (χ0) is 17.1. The lowest BCUT2D eigenvalue weighted by Gasteiger charge is -2.26. The Bertz CT molecular complexity index is 629. The van der Waals surface area contributed by atoms with Crippen LogP contribution in [0.25, 0.3) is 0 Å². The van der Waals surface area contributed by atoms with E-state index in [4.69, 9.17) is 0 Å². The van der Waals surface area contributed by atoms with Crippen molar-refractivity contribution in [1.82, 2.24) is 10.2 Å². The van der Waals surface area contributed by atoms with Crippen LogP contribution in [0, 0.1) is 11.7 Å². The largest absolute Gasteiger partial charge is 0.355 e. The molecule has 5 nitrogen and oxygen atoms in total. The summed E-state index contributed by atoms with van der Waals surface area (Å²) in [5, 5.41) is 5.60. The number of nitrogens with one attached hydrogen (secondary N) is 2. The molecule has 0 aliphatic carbocycles. The van der Waals surface area contributed by atoms with Gasteiger partial charge in [0, 0.05) is 25.2 Å². The zero-order valence-electron chi connectivity index (χ0n) is 14.0. The number of rotatable bonds is 5. The van der Waals surface area contributed by atoms with E-state index in [0.717, 1.165) is 19.6 Å². The van der Waals surface area contributed by atoms with Crippen LogP contribution in [-0.4, -0.2) is 42.9 Å². The molecule has 24 heavy (non-hydrogen) atoms. The van der Waals surface area contributed by atoms with Crippen molar-refractivity contribution in [3.8, 4) is 0 Å². The summed E-state index contributed by atoms with van der Waals surface area (Å²) in [6, 6.07) is 4.18. The third kappa shape index (κ3) is 3.93. The molecular formula is C18H24FN3O2. The number of hydrogen-bond donors (Lipinski definition) is 2. The first-order valence-corrected chi connectivity index (χ1v) is 8.62. The lowest BCUT2D eigenvalue weighted by atomic mass is 9.89. The monoisotopic (exact) mass is 333 g/mol. The van der Waals surface area contributed by atoms with Crippen molar-refractivity contribution in [2.75, 3.05) is 31.5 Å². The predicted molar refractivity (Wildman–Crippen MR) is 90.2 cm³/mol. The average molecular weight is 333 g/mol. The Hall–Kier alpha value is -1.95. The fraction of sp³-hybridized carbons (Fsp3) is 0.556. The van der Waals surface area contributed by atoms with Gasteiger partial charge in [-0.15, -0.1) is 0 Å². The number of benzene rings is 1. The van der Waals surface area contributed by atoms with Gasteiger partial charge < -0.3 is 15.5 Å². The van der Waals surface area contributed by atoms with Crippen LogP contribution in [0.2, 0.25) is 0 Å². The Morgan fingerprint density at radius 1 is 1.42 bits per heavy atom. The first-order valence-electron chi connectivity index (χ1n) is 8.62. The molecule has 0 bridgehead atoms. The number of halogens is 1. The minimum atomic E-state index is -0.548. The number of amides is 2. The highest BCUT2D eigenvalue weighted by molar-refractivity contribution is 6.01. The topological polar surface area (TPSA) is 61.4 Å². The van der Waals surface area contributed by atoms with E-state index in [9.17, 15) is 14.0 Å². The highest BCUT2D eigenvalue weighted by Gasteiger charge is 2.31. The summed E-state index contributed by atoms with van der Waals surface area (Å²) >= 11 is 0. The van der Waals surface area contributed by atoms with Crippen molar-refractivity contribution >= 4 is 17.5 Å². The predicted octanol–water partition coefficient (Wildman–Crippen LogP) is 2.10. The fourth-order valence-electron chi connectivity index (χ4n) is 3.54. The minimum absolute atomic E-state index is 0.102. The van der Waals surface area contributed by atoms with Gasteiger partial charge in [-0.3, -0.25) is 9.59 Å². The summed E-state index contributed by atoms with van der Waals surface area (Å²) in [7, 11) is 0. The molecule has 0 saturated carbocycles. The number of anilines is 1. The molecule has 0 spiro atoms. The van der Waals surface area contributed by atoms with Crippen molar-refractivity contribution in [1.29, 1.82) is 0 Å². The van der Waals surface area contributed by atoms with E-state index in [0.29, 0.717) is 23.7 Å². The molecule has 1 aromatic carbocycles. The first-order chi connectivity index (χ1) is 11.5. The number of carbonyl (C=O) groups is 2. The third-order valence-electron chi connectivity index (χ3n) is 4.76. The van der Waals surface area contributed by atoms with E-state index in [2.05, 4.69) is 22.5 Å². The van der Waals surface area contributed by atoms with Crippen molar-refractivity contribution in [2.24, 2.45) is 5.92 Å². The van der Waals surface area contributed by atoms with Crippen molar-refractivity contribution in [3.63, 3.8) is 0 Å². The fourth-order valence-corrected chi connectivity index (χ4v) is 3.54. The van der Waals surface area contributed by atoms with Gasteiger partial charge in [-0.05, 0) is 49.5 Å². The van der Waals surface area contributed by atoms with E-state index in [1.54, 1.807) is 6.07 Å². The lowest BCUT2D eigenvalue weighted by molar-refractivity contribution is -0.126. The summed E-state index contributed by atoms with van der Waals surface area (Å²) in [4.78, 5) is 26.8. The van der Waals surface area contributed by atoms with E-state index < -0.39 is 11.7 Å². The summed E-state index contributed by atoms with van der Waals surface area (Å²) < 4.78 is 13.3. The van der Waals surface area contributed by atoms with Gasteiger partial charge in [0.1, 0.15) is 5.82 Å². The number of hydrogen-bond acceptors (Lipinski definition) is 3. The third-order valence-corrected chi connectivity index (χ3v) is 4.76. The van der Waals surface area contributed by atoms with Gasteiger partial charge in [-0.1, -0.05) is 13.0 Å². The molecule has 2 aliphatic rings. The van der Waals surface area contributed by atoms with E-state index >= 15 is 0 Å². The van der Waals surface area contributed by atoms with Crippen LogP contribution >= 0.6 is 0 Å². The molecule has 2 amide bonds. The van der Waals surface area contributed by atoms with Gasteiger partial charge in [0.15, 0.2) is 0 Å². The molecule has 1 fully saturated rings. The Labute approximate surface area is 141 Å². The molecule has 6 heteroatoms. The lowest BCUT2D eigenvalue weighted by Crippen LogP contribution is -2.39. The van der Waals surface area contributed by atoms with Crippen LogP contribution in [0.15, 0.2) is 18.2 Å². The summed E-state index contributed by atoms with van der Waals surface area (Å²) in [6.45, 7) is 5.97. The van der Waals surface area contributed by atoms with Crippen LogP contribution in [0.5, 0.6) is 0 Å². The smallest absolute Gasteiger partial charge is 0.228 e. The molecule has 2 heterocycles. The highest BCUT2D eigenvalue weighted by atomic mass is 19.1. The standard InChI is InChI=1S/C18H24FN3O2/c1-12(11-22-6-2-3-7-22)10-20-18(24)15-9-17(23)21-16-8-13(19)4-5-14(15)16/h4-5,8,12,15H,2-3,6-7,9-11H2,1H3,(H,20,24)(H,21,23)/t12-,15+/m1/s1. The van der Waals surface area contributed by atoms with Crippen LogP contribution in [0.4, 0.5) is 10.1 Å². The second kappa shape index (κ2) is 7.30. The summed E-state index contributed by atoms with van der Waals surface area (Å²) in [5.41, 5.74) is 1.08. The molecule has 2 N–H and O–H groups in total.